The Balaban J connectivity index is 1.88. The zero-order valence-corrected chi connectivity index (χ0v) is 12.1. The highest BCUT2D eigenvalue weighted by Crippen LogP contribution is 2.25. The van der Waals surface area contributed by atoms with Crippen LogP contribution in [0.25, 0.3) is 5.52 Å². The fourth-order valence-corrected chi connectivity index (χ4v) is 2.46. The van der Waals surface area contributed by atoms with Crippen LogP contribution in [0.3, 0.4) is 0 Å². The van der Waals surface area contributed by atoms with E-state index in [1.807, 2.05) is 28.8 Å². The Bertz CT molecular complexity index is 729. The Hall–Kier alpha value is -1.59. The van der Waals surface area contributed by atoms with Gasteiger partial charge in [0.2, 0.25) is 0 Å². The van der Waals surface area contributed by atoms with Crippen molar-refractivity contribution in [1.29, 1.82) is 0 Å². The van der Waals surface area contributed by atoms with Gasteiger partial charge >= 0.3 is 0 Å². The van der Waals surface area contributed by atoms with E-state index < -0.39 is 0 Å². The molecule has 0 atom stereocenters. The fraction of sp³-hybridized carbons (Fsp3) is 0.0769. The Kier molecular flexibility index (Phi) is 3.40. The molecule has 0 N–H and O–H groups in total. The molecule has 0 amide bonds. The van der Waals surface area contributed by atoms with Crippen LogP contribution in [0, 0.1) is 0 Å². The van der Waals surface area contributed by atoms with E-state index in [1.54, 1.807) is 18.5 Å². The molecule has 0 fully saturated rings. The molecule has 4 nitrogen and oxygen atoms in total. The minimum absolute atomic E-state index is 0.334. The first-order valence-electron chi connectivity index (χ1n) is 5.59. The van der Waals surface area contributed by atoms with Gasteiger partial charge in [-0.2, -0.15) is 0 Å². The Morgan fingerprint density at radius 3 is 3.00 bits per heavy atom. The van der Waals surface area contributed by atoms with E-state index in [1.165, 1.54) is 0 Å². The summed E-state index contributed by atoms with van der Waals surface area (Å²) in [6.07, 6.45) is 5.30. The first-order valence-corrected chi connectivity index (χ1v) is 6.76. The second-order valence-corrected chi connectivity index (χ2v) is 5.03. The van der Waals surface area contributed by atoms with Crippen molar-refractivity contribution in [3.63, 3.8) is 0 Å². The van der Waals surface area contributed by atoms with Crippen molar-refractivity contribution >= 4 is 33.0 Å². The molecule has 0 radical (unpaired) electrons. The maximum Gasteiger partial charge on any atom is 0.152 e. The normalized spacial score (nSPS) is 10.8. The molecule has 0 aliphatic heterocycles. The average molecular weight is 339 g/mol. The molecule has 0 saturated carbocycles. The lowest BCUT2D eigenvalue weighted by Crippen LogP contribution is -2.01. The van der Waals surface area contributed by atoms with Crippen LogP contribution in [-0.2, 0) is 6.61 Å². The van der Waals surface area contributed by atoms with Crippen LogP contribution < -0.4 is 4.74 Å². The van der Waals surface area contributed by atoms with Crippen molar-refractivity contribution in [2.75, 3.05) is 0 Å². The summed E-state index contributed by atoms with van der Waals surface area (Å²) < 4.78 is 8.36. The van der Waals surface area contributed by atoms with E-state index in [2.05, 4.69) is 25.9 Å². The molecule has 3 rings (SSSR count). The van der Waals surface area contributed by atoms with Crippen LogP contribution >= 0.6 is 27.5 Å². The van der Waals surface area contributed by atoms with Gasteiger partial charge in [0.1, 0.15) is 17.0 Å². The summed E-state index contributed by atoms with van der Waals surface area (Å²) in [6.45, 7) is 0.334. The van der Waals surface area contributed by atoms with E-state index in [-0.39, 0.29) is 0 Å². The minimum Gasteiger partial charge on any atom is -0.484 e. The SMILES string of the molecule is Clc1ccccc1OCc1nc(Br)c2cnccn12. The van der Waals surface area contributed by atoms with Crippen molar-refractivity contribution in [2.45, 2.75) is 6.61 Å². The predicted molar refractivity (Wildman–Crippen MR) is 76.5 cm³/mol. The molecule has 0 saturated heterocycles. The lowest BCUT2D eigenvalue weighted by Gasteiger charge is -2.06. The molecule has 6 heteroatoms. The number of fused-ring (bicyclic) bond motifs is 1. The lowest BCUT2D eigenvalue weighted by atomic mass is 10.3. The Morgan fingerprint density at radius 1 is 1.32 bits per heavy atom. The van der Waals surface area contributed by atoms with Crippen LogP contribution in [-0.4, -0.2) is 14.4 Å². The molecular formula is C13H9BrClN3O. The van der Waals surface area contributed by atoms with Crippen LogP contribution in [0.15, 0.2) is 47.5 Å². The van der Waals surface area contributed by atoms with E-state index in [9.17, 15) is 0 Å². The number of benzene rings is 1. The van der Waals surface area contributed by atoms with Gasteiger partial charge in [0, 0.05) is 12.4 Å². The number of hydrogen-bond acceptors (Lipinski definition) is 3. The molecule has 3 aromatic rings. The summed E-state index contributed by atoms with van der Waals surface area (Å²) in [5, 5.41) is 0.587. The van der Waals surface area contributed by atoms with Crippen LogP contribution in [0.4, 0.5) is 0 Å². The maximum atomic E-state index is 6.04. The number of halogens is 2. The van der Waals surface area contributed by atoms with Crippen molar-refractivity contribution in [3.05, 3.63) is 58.3 Å². The number of ether oxygens (including phenoxy) is 1. The van der Waals surface area contributed by atoms with Gasteiger partial charge in [-0.05, 0) is 28.1 Å². The number of para-hydroxylation sites is 1. The summed E-state index contributed by atoms with van der Waals surface area (Å²) in [5.41, 5.74) is 0.903. The number of imidazole rings is 1. The Morgan fingerprint density at radius 2 is 2.16 bits per heavy atom. The van der Waals surface area contributed by atoms with Crippen molar-refractivity contribution in [3.8, 4) is 5.75 Å². The second-order valence-electron chi connectivity index (χ2n) is 3.87. The first-order chi connectivity index (χ1) is 9.25. The molecule has 0 aliphatic rings. The zero-order valence-electron chi connectivity index (χ0n) is 9.75. The quantitative estimate of drug-likeness (QED) is 0.730. The number of rotatable bonds is 3. The standard InChI is InChI=1S/C13H9BrClN3O/c14-13-10-7-16-5-6-18(10)12(17-13)8-19-11-4-2-1-3-9(11)15/h1-7H,8H2. The third kappa shape index (κ3) is 2.43. The molecule has 0 aliphatic carbocycles. The Labute approximate surface area is 123 Å². The van der Waals surface area contributed by atoms with Crippen LogP contribution in [0.5, 0.6) is 5.75 Å². The fourth-order valence-electron chi connectivity index (χ4n) is 1.77. The molecule has 96 valence electrons. The molecule has 2 heterocycles. The van der Waals surface area contributed by atoms with Gasteiger partial charge < -0.3 is 4.74 Å². The summed E-state index contributed by atoms with van der Waals surface area (Å²) in [7, 11) is 0. The van der Waals surface area contributed by atoms with Gasteiger partial charge in [-0.1, -0.05) is 23.7 Å². The lowest BCUT2D eigenvalue weighted by molar-refractivity contribution is 0.295. The van der Waals surface area contributed by atoms with Crippen molar-refractivity contribution < 1.29 is 4.74 Å². The molecule has 0 bridgehead atoms. The topological polar surface area (TPSA) is 39.4 Å². The molecular weight excluding hydrogens is 330 g/mol. The maximum absolute atomic E-state index is 6.04. The second kappa shape index (κ2) is 5.19. The van der Waals surface area contributed by atoms with Gasteiger partial charge in [0.25, 0.3) is 0 Å². The highest BCUT2D eigenvalue weighted by molar-refractivity contribution is 9.10. The monoisotopic (exact) mass is 337 g/mol. The van der Waals surface area contributed by atoms with Gasteiger partial charge in [-0.25, -0.2) is 4.98 Å². The van der Waals surface area contributed by atoms with Crippen LogP contribution in [0.1, 0.15) is 5.82 Å². The van der Waals surface area contributed by atoms with Crippen molar-refractivity contribution in [2.24, 2.45) is 0 Å². The highest BCUT2D eigenvalue weighted by atomic mass is 79.9. The minimum atomic E-state index is 0.334. The average Bonchev–Trinajstić information content (AvgIpc) is 2.75. The summed E-state index contributed by atoms with van der Waals surface area (Å²) in [4.78, 5) is 8.47. The third-order valence-electron chi connectivity index (χ3n) is 2.67. The summed E-state index contributed by atoms with van der Waals surface area (Å²) in [6, 6.07) is 7.36. The molecule has 0 spiro atoms. The van der Waals surface area contributed by atoms with E-state index >= 15 is 0 Å². The van der Waals surface area contributed by atoms with Gasteiger partial charge in [0.05, 0.1) is 16.7 Å². The third-order valence-corrected chi connectivity index (χ3v) is 3.56. The summed E-state index contributed by atoms with van der Waals surface area (Å²) >= 11 is 9.45. The smallest absolute Gasteiger partial charge is 0.152 e. The van der Waals surface area contributed by atoms with Gasteiger partial charge in [-0.15, -0.1) is 0 Å². The van der Waals surface area contributed by atoms with E-state index in [4.69, 9.17) is 16.3 Å². The summed E-state index contributed by atoms with van der Waals surface area (Å²) in [5.74, 6) is 1.43. The zero-order chi connectivity index (χ0) is 13.2. The predicted octanol–water partition coefficient (Wildman–Crippen LogP) is 3.72. The number of hydrogen-bond donors (Lipinski definition) is 0. The molecule has 19 heavy (non-hydrogen) atoms. The molecule has 0 unspecified atom stereocenters. The van der Waals surface area contributed by atoms with Gasteiger partial charge in [-0.3, -0.25) is 9.38 Å². The number of nitrogens with zero attached hydrogens (tertiary/aromatic N) is 3. The van der Waals surface area contributed by atoms with E-state index in [0.717, 1.165) is 15.9 Å². The van der Waals surface area contributed by atoms with Crippen LogP contribution in [0.2, 0.25) is 5.02 Å². The highest BCUT2D eigenvalue weighted by Gasteiger charge is 2.10. The largest absolute Gasteiger partial charge is 0.484 e. The van der Waals surface area contributed by atoms with E-state index in [0.29, 0.717) is 17.4 Å². The molecule has 2 aromatic heterocycles. The number of aromatic nitrogens is 3. The van der Waals surface area contributed by atoms with Crippen molar-refractivity contribution in [1.82, 2.24) is 14.4 Å². The van der Waals surface area contributed by atoms with Gasteiger partial charge in [0.15, 0.2) is 5.82 Å². The first kappa shape index (κ1) is 12.4. The molecule has 1 aromatic carbocycles.